The summed E-state index contributed by atoms with van der Waals surface area (Å²) in [6.45, 7) is 2.49. The number of piperidine rings is 1. The molecule has 0 unspecified atom stereocenters. The molecule has 0 saturated carbocycles. The molecule has 0 aromatic heterocycles. The third-order valence-corrected chi connectivity index (χ3v) is 4.01. The molecule has 2 rings (SSSR count). The Morgan fingerprint density at radius 2 is 1.93 bits per heavy atom. The van der Waals surface area contributed by atoms with Crippen molar-refractivity contribution in [2.75, 3.05) is 20.1 Å². The molecule has 2 heteroatoms. The summed E-state index contributed by atoms with van der Waals surface area (Å²) in [5, 5.41) is 0.814. The second-order valence-electron chi connectivity index (χ2n) is 3.86. The van der Waals surface area contributed by atoms with Gasteiger partial charge in [-0.15, -0.1) is 11.8 Å². The smallest absolute Gasteiger partial charge is 0.0119 e. The van der Waals surface area contributed by atoms with Gasteiger partial charge in [0.05, 0.1) is 0 Å². The zero-order valence-corrected chi connectivity index (χ0v) is 9.39. The molecule has 0 spiro atoms. The molecule has 1 aliphatic rings. The van der Waals surface area contributed by atoms with Crippen molar-refractivity contribution >= 4 is 11.8 Å². The van der Waals surface area contributed by atoms with Crippen LogP contribution in [0.3, 0.4) is 0 Å². The van der Waals surface area contributed by atoms with Crippen LogP contribution in [0.15, 0.2) is 29.2 Å². The van der Waals surface area contributed by atoms with Crippen molar-refractivity contribution in [3.05, 3.63) is 30.3 Å². The highest BCUT2D eigenvalue weighted by Gasteiger charge is 2.17. The molecule has 1 nitrogen and oxygen atoms in total. The van der Waals surface area contributed by atoms with Crippen LogP contribution in [0.2, 0.25) is 0 Å². The summed E-state index contributed by atoms with van der Waals surface area (Å²) in [7, 11) is 2.21. The fourth-order valence-corrected chi connectivity index (χ4v) is 2.87. The second-order valence-corrected chi connectivity index (χ2v) is 5.23. The lowest BCUT2D eigenvalue weighted by molar-refractivity contribution is 0.282. The van der Waals surface area contributed by atoms with Gasteiger partial charge in [-0.3, -0.25) is 0 Å². The van der Waals surface area contributed by atoms with Gasteiger partial charge >= 0.3 is 0 Å². The number of hydrogen-bond donors (Lipinski definition) is 0. The van der Waals surface area contributed by atoms with E-state index >= 15 is 0 Å². The number of nitrogens with zero attached hydrogens (tertiary/aromatic N) is 1. The zero-order valence-electron chi connectivity index (χ0n) is 8.57. The largest absolute Gasteiger partial charge is 0.306 e. The van der Waals surface area contributed by atoms with Crippen LogP contribution >= 0.6 is 11.8 Å². The summed E-state index contributed by atoms with van der Waals surface area (Å²) < 4.78 is 0. The van der Waals surface area contributed by atoms with E-state index in [-0.39, 0.29) is 0 Å². The van der Waals surface area contributed by atoms with E-state index < -0.39 is 0 Å². The fraction of sp³-hybridized carbons (Fsp3) is 0.500. The predicted octanol–water partition coefficient (Wildman–Crippen LogP) is 2.67. The Hall–Kier alpha value is -0.470. The van der Waals surface area contributed by atoms with Gasteiger partial charge in [-0.25, -0.2) is 0 Å². The first-order chi connectivity index (χ1) is 6.84. The number of hydrogen-bond acceptors (Lipinski definition) is 2. The van der Waals surface area contributed by atoms with Gasteiger partial charge in [0, 0.05) is 10.1 Å². The lowest BCUT2D eigenvalue weighted by atomic mass is 10.1. The van der Waals surface area contributed by atoms with Crippen molar-refractivity contribution in [2.24, 2.45) is 0 Å². The Kier molecular flexibility index (Phi) is 3.49. The summed E-state index contributed by atoms with van der Waals surface area (Å²) in [4.78, 5) is 3.80. The normalized spacial score (nSPS) is 19.8. The summed E-state index contributed by atoms with van der Waals surface area (Å²) >= 11 is 2.02. The maximum atomic E-state index is 3.06. The molecule has 14 heavy (non-hydrogen) atoms. The van der Waals surface area contributed by atoms with Crippen LogP contribution in [0.1, 0.15) is 12.8 Å². The molecule has 0 bridgehead atoms. The standard InChI is InChI=1S/C12H16NS/c1-13-9-7-12(8-10-13)14-11-5-3-2-4-6-11/h3-6,12H,7-10H2,1H3. The summed E-state index contributed by atoms with van der Waals surface area (Å²) in [5.74, 6) is 0. The molecule has 1 saturated heterocycles. The van der Waals surface area contributed by atoms with Crippen LogP contribution in [-0.4, -0.2) is 30.3 Å². The van der Waals surface area contributed by atoms with Crippen LogP contribution in [0.5, 0.6) is 0 Å². The molecule has 1 aromatic carbocycles. The van der Waals surface area contributed by atoms with E-state index in [0.717, 1.165) is 5.25 Å². The van der Waals surface area contributed by atoms with E-state index in [1.54, 1.807) is 0 Å². The van der Waals surface area contributed by atoms with E-state index in [2.05, 4.69) is 30.1 Å². The van der Waals surface area contributed by atoms with Gasteiger partial charge in [0.2, 0.25) is 0 Å². The van der Waals surface area contributed by atoms with Crippen molar-refractivity contribution in [1.29, 1.82) is 0 Å². The van der Waals surface area contributed by atoms with Crippen molar-refractivity contribution in [3.8, 4) is 0 Å². The molecular formula is C12H16NS. The van der Waals surface area contributed by atoms with Gasteiger partial charge in [-0.2, -0.15) is 0 Å². The Labute approximate surface area is 90.5 Å². The topological polar surface area (TPSA) is 3.24 Å². The Balaban J connectivity index is 1.87. The summed E-state index contributed by atoms with van der Waals surface area (Å²) in [5.41, 5.74) is 0. The minimum atomic E-state index is 0.814. The number of rotatable bonds is 2. The SMILES string of the molecule is CN1CCC(Sc2cc[c]cc2)CC1. The second kappa shape index (κ2) is 4.85. The monoisotopic (exact) mass is 206 g/mol. The molecule has 0 aliphatic carbocycles. The van der Waals surface area contributed by atoms with Crippen molar-refractivity contribution < 1.29 is 0 Å². The Morgan fingerprint density at radius 3 is 2.57 bits per heavy atom. The quantitative estimate of drug-likeness (QED) is 0.732. The van der Waals surface area contributed by atoms with Crippen LogP contribution in [0, 0.1) is 6.07 Å². The maximum absolute atomic E-state index is 3.06. The lowest BCUT2D eigenvalue weighted by Crippen LogP contribution is -2.31. The molecule has 1 radical (unpaired) electrons. The van der Waals surface area contributed by atoms with Crippen molar-refractivity contribution in [3.63, 3.8) is 0 Å². The molecule has 1 aliphatic heterocycles. The molecule has 0 N–H and O–H groups in total. The zero-order chi connectivity index (χ0) is 9.80. The first-order valence-corrected chi connectivity index (χ1v) is 6.04. The molecule has 1 fully saturated rings. The minimum absolute atomic E-state index is 0.814. The van der Waals surface area contributed by atoms with Crippen LogP contribution in [0.25, 0.3) is 0 Å². The number of likely N-dealkylation sites (tertiary alicyclic amines) is 1. The number of thioether (sulfide) groups is 1. The molecule has 1 aromatic rings. The summed E-state index contributed by atoms with van der Waals surface area (Å²) in [6, 6.07) is 11.4. The molecule has 0 atom stereocenters. The Bertz CT molecular complexity index is 265. The fourth-order valence-electron chi connectivity index (χ4n) is 1.75. The Morgan fingerprint density at radius 1 is 1.29 bits per heavy atom. The summed E-state index contributed by atoms with van der Waals surface area (Å²) in [6.07, 6.45) is 2.64. The molecule has 0 amide bonds. The molecule has 75 valence electrons. The van der Waals surface area contributed by atoms with Gasteiger partial charge in [0.15, 0.2) is 0 Å². The van der Waals surface area contributed by atoms with E-state index in [0.29, 0.717) is 0 Å². The molecular weight excluding hydrogens is 190 g/mol. The van der Waals surface area contributed by atoms with E-state index in [1.807, 2.05) is 23.9 Å². The first-order valence-electron chi connectivity index (χ1n) is 5.16. The van der Waals surface area contributed by atoms with Gasteiger partial charge in [-0.1, -0.05) is 12.1 Å². The average molecular weight is 206 g/mol. The third kappa shape index (κ3) is 2.76. The van der Waals surface area contributed by atoms with Gasteiger partial charge in [-0.05, 0) is 51.2 Å². The van der Waals surface area contributed by atoms with E-state index in [1.165, 1.54) is 30.8 Å². The van der Waals surface area contributed by atoms with Gasteiger partial charge in [0.1, 0.15) is 0 Å². The highest BCUT2D eigenvalue weighted by atomic mass is 32.2. The first kappa shape index (κ1) is 10.1. The van der Waals surface area contributed by atoms with E-state index in [4.69, 9.17) is 0 Å². The highest BCUT2D eigenvalue weighted by Crippen LogP contribution is 2.29. The van der Waals surface area contributed by atoms with Gasteiger partial charge in [0.25, 0.3) is 0 Å². The lowest BCUT2D eigenvalue weighted by Gasteiger charge is -2.28. The van der Waals surface area contributed by atoms with Crippen molar-refractivity contribution in [1.82, 2.24) is 4.90 Å². The maximum Gasteiger partial charge on any atom is 0.0119 e. The average Bonchev–Trinajstić information content (AvgIpc) is 2.23. The van der Waals surface area contributed by atoms with Crippen LogP contribution in [0.4, 0.5) is 0 Å². The van der Waals surface area contributed by atoms with Crippen LogP contribution < -0.4 is 0 Å². The number of benzene rings is 1. The van der Waals surface area contributed by atoms with Gasteiger partial charge < -0.3 is 4.90 Å². The minimum Gasteiger partial charge on any atom is -0.306 e. The third-order valence-electron chi connectivity index (χ3n) is 2.66. The van der Waals surface area contributed by atoms with Crippen molar-refractivity contribution in [2.45, 2.75) is 23.0 Å². The van der Waals surface area contributed by atoms with Crippen LogP contribution in [-0.2, 0) is 0 Å². The molecule has 1 heterocycles. The van der Waals surface area contributed by atoms with E-state index in [9.17, 15) is 0 Å². The highest BCUT2D eigenvalue weighted by molar-refractivity contribution is 8.00. The predicted molar refractivity (Wildman–Crippen MR) is 61.7 cm³/mol.